The van der Waals surface area contributed by atoms with Gasteiger partial charge in [0.25, 0.3) is 0 Å². The van der Waals surface area contributed by atoms with Gasteiger partial charge in [0.05, 0.1) is 15.7 Å². The second-order valence-electron chi connectivity index (χ2n) is 5.28. The SMILES string of the molecule is CC(C)c1ccc(NC(=O)C(=O)Nc2c(Cl)cccc2Cl)cc1. The zero-order valence-electron chi connectivity index (χ0n) is 12.7. The lowest BCUT2D eigenvalue weighted by Crippen LogP contribution is -2.29. The second-order valence-corrected chi connectivity index (χ2v) is 6.10. The fraction of sp³-hybridized carbons (Fsp3) is 0.176. The Balaban J connectivity index is 2.04. The van der Waals surface area contributed by atoms with Crippen molar-refractivity contribution in [2.75, 3.05) is 10.6 Å². The van der Waals surface area contributed by atoms with Crippen molar-refractivity contribution >= 4 is 46.4 Å². The van der Waals surface area contributed by atoms with Crippen molar-refractivity contribution in [3.63, 3.8) is 0 Å². The monoisotopic (exact) mass is 350 g/mol. The van der Waals surface area contributed by atoms with Crippen LogP contribution in [0.25, 0.3) is 0 Å². The van der Waals surface area contributed by atoms with Crippen LogP contribution in [0.3, 0.4) is 0 Å². The smallest absolute Gasteiger partial charge is 0.314 e. The van der Waals surface area contributed by atoms with Gasteiger partial charge in [-0.05, 0) is 35.7 Å². The van der Waals surface area contributed by atoms with E-state index in [1.165, 1.54) is 0 Å². The van der Waals surface area contributed by atoms with Crippen molar-refractivity contribution < 1.29 is 9.59 Å². The van der Waals surface area contributed by atoms with Gasteiger partial charge in [0.1, 0.15) is 0 Å². The quantitative estimate of drug-likeness (QED) is 0.788. The Morgan fingerprint density at radius 2 is 1.39 bits per heavy atom. The van der Waals surface area contributed by atoms with Crippen LogP contribution in [0.5, 0.6) is 0 Å². The zero-order chi connectivity index (χ0) is 17.0. The highest BCUT2D eigenvalue weighted by Crippen LogP contribution is 2.29. The molecule has 0 saturated heterocycles. The summed E-state index contributed by atoms with van der Waals surface area (Å²) in [5.74, 6) is -1.24. The zero-order valence-corrected chi connectivity index (χ0v) is 14.2. The molecule has 0 spiro atoms. The number of carbonyl (C=O) groups excluding carboxylic acids is 2. The molecule has 0 unspecified atom stereocenters. The van der Waals surface area contributed by atoms with Gasteiger partial charge in [0.15, 0.2) is 0 Å². The van der Waals surface area contributed by atoms with Crippen LogP contribution in [-0.4, -0.2) is 11.8 Å². The predicted octanol–water partition coefficient (Wildman–Crippen LogP) is 4.69. The Labute approximate surface area is 144 Å². The molecule has 23 heavy (non-hydrogen) atoms. The Hall–Kier alpha value is -2.04. The molecule has 0 radical (unpaired) electrons. The molecule has 6 heteroatoms. The maximum Gasteiger partial charge on any atom is 0.314 e. The fourth-order valence-electron chi connectivity index (χ4n) is 1.93. The summed E-state index contributed by atoms with van der Waals surface area (Å²) in [6.45, 7) is 4.16. The molecule has 120 valence electrons. The second kappa shape index (κ2) is 7.49. The highest BCUT2D eigenvalue weighted by Gasteiger charge is 2.17. The van der Waals surface area contributed by atoms with Crippen molar-refractivity contribution in [3.8, 4) is 0 Å². The van der Waals surface area contributed by atoms with Gasteiger partial charge in [-0.2, -0.15) is 0 Å². The third kappa shape index (κ3) is 4.47. The number of hydrogen-bond donors (Lipinski definition) is 2. The highest BCUT2D eigenvalue weighted by molar-refractivity contribution is 6.46. The average Bonchev–Trinajstić information content (AvgIpc) is 2.51. The van der Waals surface area contributed by atoms with Crippen LogP contribution >= 0.6 is 23.2 Å². The molecule has 0 bridgehead atoms. The van der Waals surface area contributed by atoms with Crippen LogP contribution in [0.1, 0.15) is 25.3 Å². The van der Waals surface area contributed by atoms with Crippen LogP contribution in [0.15, 0.2) is 42.5 Å². The van der Waals surface area contributed by atoms with E-state index < -0.39 is 11.8 Å². The van der Waals surface area contributed by atoms with Crippen molar-refractivity contribution in [2.45, 2.75) is 19.8 Å². The number of para-hydroxylation sites is 1. The normalized spacial score (nSPS) is 10.5. The summed E-state index contributed by atoms with van der Waals surface area (Å²) in [6, 6.07) is 12.1. The van der Waals surface area contributed by atoms with E-state index in [0.29, 0.717) is 11.6 Å². The summed E-state index contributed by atoms with van der Waals surface area (Å²) in [6.07, 6.45) is 0. The van der Waals surface area contributed by atoms with E-state index in [2.05, 4.69) is 24.5 Å². The largest absolute Gasteiger partial charge is 0.318 e. The first kappa shape index (κ1) is 17.3. The van der Waals surface area contributed by atoms with E-state index in [9.17, 15) is 9.59 Å². The Kier molecular flexibility index (Phi) is 5.64. The lowest BCUT2D eigenvalue weighted by molar-refractivity contribution is -0.132. The maximum absolute atomic E-state index is 12.0. The third-order valence-electron chi connectivity index (χ3n) is 3.24. The van der Waals surface area contributed by atoms with E-state index in [1.54, 1.807) is 30.3 Å². The topological polar surface area (TPSA) is 58.2 Å². The molecule has 0 fully saturated rings. The van der Waals surface area contributed by atoms with Crippen molar-refractivity contribution in [3.05, 3.63) is 58.1 Å². The minimum atomic E-state index is -0.840. The number of nitrogens with one attached hydrogen (secondary N) is 2. The lowest BCUT2D eigenvalue weighted by Gasteiger charge is -2.10. The number of carbonyl (C=O) groups is 2. The molecule has 0 saturated carbocycles. The van der Waals surface area contributed by atoms with Crippen molar-refractivity contribution in [1.82, 2.24) is 0 Å². The van der Waals surface area contributed by atoms with Gasteiger partial charge < -0.3 is 10.6 Å². The molecule has 2 rings (SSSR count). The van der Waals surface area contributed by atoms with Crippen molar-refractivity contribution in [1.29, 1.82) is 0 Å². The molecule has 2 aromatic carbocycles. The molecule has 4 nitrogen and oxygen atoms in total. The summed E-state index contributed by atoms with van der Waals surface area (Å²) in [5, 5.41) is 5.47. The van der Waals surface area contributed by atoms with Crippen LogP contribution in [0, 0.1) is 0 Å². The summed E-state index contributed by atoms with van der Waals surface area (Å²) in [7, 11) is 0. The summed E-state index contributed by atoms with van der Waals surface area (Å²) < 4.78 is 0. The molecule has 2 amide bonds. The van der Waals surface area contributed by atoms with E-state index in [1.807, 2.05) is 12.1 Å². The number of halogens is 2. The maximum atomic E-state index is 12.0. The molecular formula is C17H16Cl2N2O2. The van der Waals surface area contributed by atoms with Gasteiger partial charge in [-0.1, -0.05) is 55.2 Å². The molecule has 0 aromatic heterocycles. The van der Waals surface area contributed by atoms with Gasteiger partial charge in [-0.25, -0.2) is 0 Å². The molecular weight excluding hydrogens is 335 g/mol. The van der Waals surface area contributed by atoms with Gasteiger partial charge in [-0.3, -0.25) is 9.59 Å². The minimum Gasteiger partial charge on any atom is -0.318 e. The first-order valence-corrected chi connectivity index (χ1v) is 7.80. The minimum absolute atomic E-state index is 0.214. The fourth-order valence-corrected chi connectivity index (χ4v) is 2.42. The first-order valence-electron chi connectivity index (χ1n) is 7.04. The Morgan fingerprint density at radius 3 is 1.91 bits per heavy atom. The molecule has 0 atom stereocenters. The standard InChI is InChI=1S/C17H16Cl2N2O2/c1-10(2)11-6-8-12(9-7-11)20-16(22)17(23)21-15-13(18)4-3-5-14(15)19/h3-10H,1-2H3,(H,20,22)(H,21,23). The van der Waals surface area contributed by atoms with E-state index >= 15 is 0 Å². The Morgan fingerprint density at radius 1 is 0.870 bits per heavy atom. The van der Waals surface area contributed by atoms with Crippen LogP contribution in [0.4, 0.5) is 11.4 Å². The van der Waals surface area contributed by atoms with E-state index in [0.717, 1.165) is 5.56 Å². The van der Waals surface area contributed by atoms with Gasteiger partial charge in [0.2, 0.25) is 0 Å². The van der Waals surface area contributed by atoms with Crippen LogP contribution < -0.4 is 10.6 Å². The number of benzene rings is 2. The molecule has 0 aliphatic carbocycles. The molecule has 0 heterocycles. The average molecular weight is 351 g/mol. The first-order chi connectivity index (χ1) is 10.9. The molecule has 2 N–H and O–H groups in total. The Bertz CT molecular complexity index is 708. The van der Waals surface area contributed by atoms with Crippen LogP contribution in [0.2, 0.25) is 10.0 Å². The summed E-state index contributed by atoms with van der Waals surface area (Å²) in [5.41, 5.74) is 1.90. The highest BCUT2D eigenvalue weighted by atomic mass is 35.5. The molecule has 0 aliphatic rings. The third-order valence-corrected chi connectivity index (χ3v) is 3.87. The van der Waals surface area contributed by atoms with Crippen molar-refractivity contribution in [2.24, 2.45) is 0 Å². The molecule has 0 aliphatic heterocycles. The van der Waals surface area contributed by atoms with Gasteiger partial charge in [0, 0.05) is 5.69 Å². The van der Waals surface area contributed by atoms with Gasteiger partial charge >= 0.3 is 11.8 Å². The number of anilines is 2. The van der Waals surface area contributed by atoms with Crippen LogP contribution in [-0.2, 0) is 9.59 Å². The number of rotatable bonds is 3. The number of hydrogen-bond acceptors (Lipinski definition) is 2. The van der Waals surface area contributed by atoms with E-state index in [-0.39, 0.29) is 15.7 Å². The lowest BCUT2D eigenvalue weighted by atomic mass is 10.0. The predicted molar refractivity (Wildman–Crippen MR) is 94.3 cm³/mol. The summed E-state index contributed by atoms with van der Waals surface area (Å²) in [4.78, 5) is 23.9. The summed E-state index contributed by atoms with van der Waals surface area (Å²) >= 11 is 11.9. The molecule has 2 aromatic rings. The van der Waals surface area contributed by atoms with E-state index in [4.69, 9.17) is 23.2 Å². The number of amides is 2. The van der Waals surface area contributed by atoms with Gasteiger partial charge in [-0.15, -0.1) is 0 Å².